The van der Waals surface area contributed by atoms with E-state index < -0.39 is 22.0 Å². The molecule has 0 aliphatic rings. The fourth-order valence-corrected chi connectivity index (χ4v) is 3.31. The van der Waals surface area contributed by atoms with Gasteiger partial charge in [0.1, 0.15) is 6.04 Å². The lowest BCUT2D eigenvalue weighted by molar-refractivity contribution is -0.166. The fraction of sp³-hybridized carbons (Fsp3) is 0.318. The van der Waals surface area contributed by atoms with Gasteiger partial charge in [-0.2, -0.15) is 0 Å². The van der Waals surface area contributed by atoms with Crippen molar-refractivity contribution in [1.82, 2.24) is 9.37 Å². The summed E-state index contributed by atoms with van der Waals surface area (Å²) in [6, 6.07) is 5.21. The van der Waals surface area contributed by atoms with E-state index in [2.05, 4.69) is 18.4 Å². The smallest absolute Gasteiger partial charge is 0.263 e. The van der Waals surface area contributed by atoms with Crippen LogP contribution in [0.3, 0.4) is 0 Å². The first-order valence-corrected chi connectivity index (χ1v) is 11.1. The molecule has 1 aromatic rings. The van der Waals surface area contributed by atoms with Crippen LogP contribution in [-0.2, 0) is 14.8 Å². The largest absolute Gasteiger partial charge is 0.285 e. The van der Waals surface area contributed by atoms with Crippen LogP contribution in [0, 0.1) is 11.8 Å². The second-order valence-corrected chi connectivity index (χ2v) is 8.28. The topological polar surface area (TPSA) is 77.9 Å². The minimum atomic E-state index is -3.72. The molecule has 8 heteroatoms. The van der Waals surface area contributed by atoms with E-state index in [0.29, 0.717) is 21.4 Å². The molecule has 0 aliphatic carbocycles. The highest BCUT2D eigenvalue weighted by Crippen LogP contribution is 2.20. The maximum Gasteiger partial charge on any atom is 0.263 e. The van der Waals surface area contributed by atoms with Crippen molar-refractivity contribution in [3.63, 3.8) is 0 Å². The van der Waals surface area contributed by atoms with Crippen LogP contribution >= 0.6 is 11.6 Å². The molecule has 1 atom stereocenters. The molecule has 0 aromatic heterocycles. The molecule has 1 rings (SSSR count). The van der Waals surface area contributed by atoms with Crippen LogP contribution in [0.4, 0.5) is 0 Å². The van der Waals surface area contributed by atoms with Gasteiger partial charge in [0.2, 0.25) is 5.91 Å². The van der Waals surface area contributed by atoms with Gasteiger partial charge in [0.05, 0.1) is 4.90 Å². The Hall–Kier alpha value is -2.53. The molecule has 1 unspecified atom stereocenters. The normalized spacial score (nSPS) is 12.5. The number of hydroxylamine groups is 2. The van der Waals surface area contributed by atoms with Crippen LogP contribution in [0.2, 0.25) is 5.02 Å². The molecule has 1 N–H and O–H groups in total. The Bertz CT molecular complexity index is 955. The number of carbonyl (C=O) groups is 1. The number of allylic oxidation sites excluding steroid dienone is 5. The number of nitrogens with zero attached hydrogens (tertiary/aromatic N) is 2. The van der Waals surface area contributed by atoms with Crippen LogP contribution in [0.5, 0.6) is 0 Å². The van der Waals surface area contributed by atoms with Crippen molar-refractivity contribution in [2.24, 2.45) is 0 Å². The molecule has 0 heterocycles. The van der Waals surface area contributed by atoms with E-state index in [1.807, 2.05) is 13.8 Å². The maximum atomic E-state index is 12.7. The minimum Gasteiger partial charge on any atom is -0.285 e. The monoisotopic (exact) mass is 452 g/mol. The molecule has 1 amide bonds. The summed E-state index contributed by atoms with van der Waals surface area (Å²) in [5.41, 5.74) is 0.956. The van der Waals surface area contributed by atoms with Crippen molar-refractivity contribution in [2.45, 2.75) is 45.6 Å². The van der Waals surface area contributed by atoms with E-state index in [4.69, 9.17) is 11.6 Å². The summed E-state index contributed by atoms with van der Waals surface area (Å²) in [7, 11) is -2.27. The lowest BCUT2D eigenvalue weighted by Gasteiger charge is -2.19. The van der Waals surface area contributed by atoms with Gasteiger partial charge in [0.25, 0.3) is 10.0 Å². The molecule has 0 aliphatic heterocycles. The second-order valence-electron chi connectivity index (χ2n) is 5.87. The second kappa shape index (κ2) is 12.9. The van der Waals surface area contributed by atoms with Crippen LogP contribution in [0.15, 0.2) is 65.2 Å². The Kier molecular flexibility index (Phi) is 11.8. The van der Waals surface area contributed by atoms with E-state index in [9.17, 15) is 18.4 Å². The average molecular weight is 453 g/mol. The Morgan fingerprint density at radius 1 is 1.20 bits per heavy atom. The first-order chi connectivity index (χ1) is 14.0. The van der Waals surface area contributed by atoms with Gasteiger partial charge in [-0.05, 0) is 50.3 Å². The highest BCUT2D eigenvalue weighted by Gasteiger charge is 2.20. The van der Waals surface area contributed by atoms with Crippen LogP contribution < -0.4 is 0 Å². The molecule has 0 saturated heterocycles. The highest BCUT2D eigenvalue weighted by atomic mass is 35.5. The quantitative estimate of drug-likeness (QED) is 0.295. The van der Waals surface area contributed by atoms with E-state index in [1.165, 1.54) is 44.3 Å². The van der Waals surface area contributed by atoms with Gasteiger partial charge in [-0.3, -0.25) is 14.3 Å². The average Bonchev–Trinajstić information content (AvgIpc) is 2.73. The summed E-state index contributed by atoms with van der Waals surface area (Å²) < 4.78 is 26.5. The lowest BCUT2D eigenvalue weighted by atomic mass is 10.2. The van der Waals surface area contributed by atoms with E-state index in [0.717, 1.165) is 4.31 Å². The van der Waals surface area contributed by atoms with Crippen molar-refractivity contribution >= 4 is 27.5 Å². The number of amides is 1. The molecule has 0 spiro atoms. The van der Waals surface area contributed by atoms with Crippen molar-refractivity contribution in [3.05, 3.63) is 65.4 Å². The van der Waals surface area contributed by atoms with E-state index in [-0.39, 0.29) is 4.90 Å². The van der Waals surface area contributed by atoms with Crippen LogP contribution in [0.1, 0.15) is 34.6 Å². The third-order valence-corrected chi connectivity index (χ3v) is 5.94. The first-order valence-electron chi connectivity index (χ1n) is 9.26. The third kappa shape index (κ3) is 8.07. The molecule has 30 heavy (non-hydrogen) atoms. The zero-order valence-electron chi connectivity index (χ0n) is 18.2. The van der Waals surface area contributed by atoms with Crippen LogP contribution in [0.25, 0.3) is 0 Å². The Morgan fingerprint density at radius 3 is 2.20 bits per heavy atom. The fourth-order valence-electron chi connectivity index (χ4n) is 1.95. The molecule has 0 saturated carbocycles. The standard InChI is InChI=1S/C20H23ClN2O4S.C2H6/c1-6-18(10-8-16(3)23(25)17(4)24)9-7-15(2)22(5)28(26,27)20-13-11-19(21)12-14-20;1-2/h6-7,9,11-14,16,25H,1H2,2-5H3;1-2H3/b15-7+,18-9+;. The number of benzene rings is 1. The van der Waals surface area contributed by atoms with Crippen molar-refractivity contribution in [1.29, 1.82) is 0 Å². The summed E-state index contributed by atoms with van der Waals surface area (Å²) in [4.78, 5) is 11.2. The van der Waals surface area contributed by atoms with Gasteiger partial charge in [-0.1, -0.05) is 49.9 Å². The number of carbonyl (C=O) groups excluding carboxylic acids is 1. The van der Waals surface area contributed by atoms with Gasteiger partial charge < -0.3 is 0 Å². The summed E-state index contributed by atoms with van der Waals surface area (Å²) in [5, 5.41) is 10.5. The van der Waals surface area contributed by atoms with E-state index in [1.54, 1.807) is 26.0 Å². The first kappa shape index (κ1) is 27.5. The predicted octanol–water partition coefficient (Wildman–Crippen LogP) is 4.63. The summed E-state index contributed by atoms with van der Waals surface area (Å²) in [6.07, 6.45) is 4.68. The number of sulfonamides is 1. The Labute approximate surface area is 185 Å². The van der Waals surface area contributed by atoms with Gasteiger partial charge in [-0.25, -0.2) is 13.5 Å². The van der Waals surface area contributed by atoms with E-state index >= 15 is 0 Å². The number of rotatable bonds is 6. The number of hydrogen-bond acceptors (Lipinski definition) is 4. The molecule has 164 valence electrons. The zero-order valence-corrected chi connectivity index (χ0v) is 19.8. The molecule has 1 aromatic carbocycles. The molecule has 6 nitrogen and oxygen atoms in total. The third-order valence-electron chi connectivity index (χ3n) is 3.81. The predicted molar refractivity (Wildman–Crippen MR) is 121 cm³/mol. The molecular formula is C22H29ClN2O4S. The Balaban J connectivity index is 0.00000407. The summed E-state index contributed by atoms with van der Waals surface area (Å²) >= 11 is 5.81. The van der Waals surface area contributed by atoms with Gasteiger partial charge in [0.15, 0.2) is 0 Å². The summed E-state index contributed by atoms with van der Waals surface area (Å²) in [5.74, 6) is 4.99. The van der Waals surface area contributed by atoms with Crippen molar-refractivity contribution in [3.8, 4) is 11.8 Å². The molecule has 0 radical (unpaired) electrons. The number of hydrogen-bond donors (Lipinski definition) is 1. The lowest BCUT2D eigenvalue weighted by Crippen LogP contribution is -2.32. The molecule has 0 fully saturated rings. The minimum absolute atomic E-state index is 0.126. The molecular weight excluding hydrogens is 424 g/mol. The van der Waals surface area contributed by atoms with Gasteiger partial charge >= 0.3 is 0 Å². The zero-order chi connectivity index (χ0) is 23.5. The van der Waals surface area contributed by atoms with Gasteiger partial charge in [0, 0.05) is 30.3 Å². The SMILES string of the molecule is C=C/C(C#CC(C)N(O)C(C)=O)=C\C=C(/C)N(C)S(=O)(=O)c1ccc(Cl)cc1.CC. The van der Waals surface area contributed by atoms with Crippen molar-refractivity contribution < 1.29 is 18.4 Å². The number of halogens is 1. The summed E-state index contributed by atoms with van der Waals surface area (Å²) in [6.45, 7) is 12.1. The highest BCUT2D eigenvalue weighted by molar-refractivity contribution is 7.89. The molecule has 0 bridgehead atoms. The Morgan fingerprint density at radius 2 is 1.73 bits per heavy atom. The maximum absolute atomic E-state index is 12.7. The van der Waals surface area contributed by atoms with Gasteiger partial charge in [-0.15, -0.1) is 0 Å². The van der Waals surface area contributed by atoms with Crippen molar-refractivity contribution in [2.75, 3.05) is 7.05 Å². The van der Waals surface area contributed by atoms with Crippen LogP contribution in [-0.4, -0.2) is 42.0 Å².